The molecule has 0 amide bonds. The zero-order valence-corrected chi connectivity index (χ0v) is 13.0. The standard InChI is InChI=1S/C18H25N3/c1-19-10-7-16-6-5-15(11-18(16)19)12-20-13-17(14-20)21-8-3-2-4-9-21/h5-7,10-11,17H,2-4,8-9,12-14H2,1H3. The lowest BCUT2D eigenvalue weighted by molar-refractivity contribution is 0.0186. The number of likely N-dealkylation sites (tertiary alicyclic amines) is 2. The van der Waals surface area contributed by atoms with Crippen molar-refractivity contribution in [3.8, 4) is 0 Å². The maximum absolute atomic E-state index is 2.71. The number of rotatable bonds is 3. The molecule has 2 aromatic rings. The summed E-state index contributed by atoms with van der Waals surface area (Å²) in [6.45, 7) is 6.27. The van der Waals surface area contributed by atoms with E-state index in [-0.39, 0.29) is 0 Å². The fourth-order valence-electron chi connectivity index (χ4n) is 3.85. The topological polar surface area (TPSA) is 11.4 Å². The van der Waals surface area contributed by atoms with Crippen LogP contribution in [0.3, 0.4) is 0 Å². The van der Waals surface area contributed by atoms with Crippen LogP contribution >= 0.6 is 0 Å². The van der Waals surface area contributed by atoms with E-state index >= 15 is 0 Å². The third-order valence-corrected chi connectivity index (χ3v) is 5.20. The minimum Gasteiger partial charge on any atom is -0.351 e. The molecule has 0 radical (unpaired) electrons. The average Bonchev–Trinajstić information content (AvgIpc) is 2.85. The third kappa shape index (κ3) is 2.60. The van der Waals surface area contributed by atoms with Crippen LogP contribution in [0.1, 0.15) is 24.8 Å². The number of hydrogen-bond acceptors (Lipinski definition) is 2. The molecule has 0 saturated carbocycles. The number of nitrogens with zero attached hydrogens (tertiary/aromatic N) is 3. The van der Waals surface area contributed by atoms with E-state index in [9.17, 15) is 0 Å². The van der Waals surface area contributed by atoms with Gasteiger partial charge >= 0.3 is 0 Å². The van der Waals surface area contributed by atoms with Crippen LogP contribution in [0.4, 0.5) is 0 Å². The van der Waals surface area contributed by atoms with Gasteiger partial charge < -0.3 is 4.57 Å². The maximum atomic E-state index is 2.71. The van der Waals surface area contributed by atoms with E-state index in [1.807, 2.05) is 0 Å². The molecule has 0 atom stereocenters. The fraction of sp³-hybridized carbons (Fsp3) is 0.556. The first-order valence-electron chi connectivity index (χ1n) is 8.30. The molecular weight excluding hydrogens is 258 g/mol. The molecule has 3 nitrogen and oxygen atoms in total. The normalized spacial score (nSPS) is 21.8. The van der Waals surface area contributed by atoms with E-state index < -0.39 is 0 Å². The van der Waals surface area contributed by atoms with Crippen molar-refractivity contribution in [3.05, 3.63) is 36.0 Å². The van der Waals surface area contributed by atoms with Gasteiger partial charge in [-0.1, -0.05) is 18.6 Å². The van der Waals surface area contributed by atoms with Crippen LogP contribution in [0.2, 0.25) is 0 Å². The van der Waals surface area contributed by atoms with Crippen LogP contribution in [0.5, 0.6) is 0 Å². The Hall–Kier alpha value is -1.32. The molecule has 2 aliphatic rings. The molecule has 0 unspecified atom stereocenters. The number of aromatic nitrogens is 1. The molecule has 1 aromatic heterocycles. The molecule has 0 N–H and O–H groups in total. The summed E-state index contributed by atoms with van der Waals surface area (Å²) in [4.78, 5) is 5.30. The number of aryl methyl sites for hydroxylation is 1. The van der Waals surface area contributed by atoms with Gasteiger partial charge in [-0.3, -0.25) is 9.80 Å². The predicted octanol–water partition coefficient (Wildman–Crippen LogP) is 2.85. The molecule has 21 heavy (non-hydrogen) atoms. The van der Waals surface area contributed by atoms with Gasteiger partial charge in [0.05, 0.1) is 0 Å². The monoisotopic (exact) mass is 283 g/mol. The predicted molar refractivity (Wildman–Crippen MR) is 87.4 cm³/mol. The number of fused-ring (bicyclic) bond motifs is 1. The van der Waals surface area contributed by atoms with E-state index in [0.717, 1.165) is 12.6 Å². The molecule has 0 aliphatic carbocycles. The zero-order chi connectivity index (χ0) is 14.2. The van der Waals surface area contributed by atoms with E-state index in [1.165, 1.54) is 61.9 Å². The second-order valence-corrected chi connectivity index (χ2v) is 6.76. The van der Waals surface area contributed by atoms with Gasteiger partial charge in [-0.05, 0) is 49.0 Å². The van der Waals surface area contributed by atoms with Crippen molar-refractivity contribution in [2.45, 2.75) is 31.8 Å². The van der Waals surface area contributed by atoms with Gasteiger partial charge in [-0.25, -0.2) is 0 Å². The summed E-state index contributed by atoms with van der Waals surface area (Å²) in [5.41, 5.74) is 2.79. The molecule has 2 fully saturated rings. The molecule has 3 heterocycles. The zero-order valence-electron chi connectivity index (χ0n) is 13.0. The SMILES string of the molecule is Cn1ccc2ccc(CN3CC(N4CCCCC4)C3)cc21. The van der Waals surface area contributed by atoms with Gasteiger partial charge in [-0.2, -0.15) is 0 Å². The van der Waals surface area contributed by atoms with Crippen LogP contribution in [0, 0.1) is 0 Å². The second-order valence-electron chi connectivity index (χ2n) is 6.76. The molecule has 4 rings (SSSR count). The molecule has 112 valence electrons. The van der Waals surface area contributed by atoms with Crippen LogP contribution < -0.4 is 0 Å². The number of piperidine rings is 1. The van der Waals surface area contributed by atoms with Crippen LogP contribution in [0.25, 0.3) is 10.9 Å². The van der Waals surface area contributed by atoms with E-state index in [0.29, 0.717) is 0 Å². The minimum absolute atomic E-state index is 0.823. The Labute approximate surface area is 127 Å². The first-order valence-corrected chi connectivity index (χ1v) is 8.30. The van der Waals surface area contributed by atoms with Crippen molar-refractivity contribution in [2.24, 2.45) is 7.05 Å². The highest BCUT2D eigenvalue weighted by atomic mass is 15.3. The molecule has 2 aliphatic heterocycles. The summed E-state index contributed by atoms with van der Waals surface area (Å²) in [6.07, 6.45) is 6.38. The second kappa shape index (κ2) is 5.47. The lowest BCUT2D eigenvalue weighted by atomic mass is 10.0. The first kappa shape index (κ1) is 13.4. The molecular formula is C18H25N3. The Morgan fingerprint density at radius 2 is 1.86 bits per heavy atom. The van der Waals surface area contributed by atoms with Crippen LogP contribution in [0.15, 0.2) is 30.5 Å². The molecule has 0 spiro atoms. The molecule has 2 saturated heterocycles. The first-order chi connectivity index (χ1) is 10.3. The highest BCUT2D eigenvalue weighted by molar-refractivity contribution is 5.80. The Bertz CT molecular complexity index is 618. The van der Waals surface area contributed by atoms with Gasteiger partial charge in [0, 0.05) is 44.4 Å². The van der Waals surface area contributed by atoms with Gasteiger partial charge in [0.2, 0.25) is 0 Å². The van der Waals surface area contributed by atoms with Crippen molar-refractivity contribution in [2.75, 3.05) is 26.2 Å². The maximum Gasteiger partial charge on any atom is 0.0480 e. The van der Waals surface area contributed by atoms with Gasteiger partial charge in [0.15, 0.2) is 0 Å². The Morgan fingerprint density at radius 1 is 1.05 bits per heavy atom. The van der Waals surface area contributed by atoms with Gasteiger partial charge in [0.1, 0.15) is 0 Å². The number of hydrogen-bond donors (Lipinski definition) is 0. The summed E-state index contributed by atoms with van der Waals surface area (Å²) in [5.74, 6) is 0. The van der Waals surface area contributed by atoms with Crippen molar-refractivity contribution in [1.82, 2.24) is 14.4 Å². The highest BCUT2D eigenvalue weighted by Crippen LogP contribution is 2.23. The summed E-state index contributed by atoms with van der Waals surface area (Å²) < 4.78 is 2.21. The van der Waals surface area contributed by atoms with E-state index in [1.54, 1.807) is 0 Å². The summed E-state index contributed by atoms with van der Waals surface area (Å²) in [5, 5.41) is 1.34. The lowest BCUT2D eigenvalue weighted by Crippen LogP contribution is -2.59. The molecule has 1 aromatic carbocycles. The largest absolute Gasteiger partial charge is 0.351 e. The average molecular weight is 283 g/mol. The molecule has 0 bridgehead atoms. The Morgan fingerprint density at radius 3 is 2.67 bits per heavy atom. The van der Waals surface area contributed by atoms with E-state index in [4.69, 9.17) is 0 Å². The smallest absolute Gasteiger partial charge is 0.0480 e. The quantitative estimate of drug-likeness (QED) is 0.858. The third-order valence-electron chi connectivity index (χ3n) is 5.20. The van der Waals surface area contributed by atoms with Gasteiger partial charge in [-0.15, -0.1) is 0 Å². The Balaban J connectivity index is 1.37. The van der Waals surface area contributed by atoms with Gasteiger partial charge in [0.25, 0.3) is 0 Å². The summed E-state index contributed by atoms with van der Waals surface area (Å²) in [7, 11) is 2.13. The Kier molecular flexibility index (Phi) is 3.48. The minimum atomic E-state index is 0.823. The van der Waals surface area contributed by atoms with Crippen molar-refractivity contribution in [3.63, 3.8) is 0 Å². The van der Waals surface area contributed by atoms with Crippen LogP contribution in [-0.4, -0.2) is 46.6 Å². The van der Waals surface area contributed by atoms with Crippen LogP contribution in [-0.2, 0) is 13.6 Å². The van der Waals surface area contributed by atoms with E-state index in [2.05, 4.69) is 51.9 Å². The van der Waals surface area contributed by atoms with Crippen molar-refractivity contribution < 1.29 is 0 Å². The number of benzene rings is 1. The van der Waals surface area contributed by atoms with Crippen molar-refractivity contribution in [1.29, 1.82) is 0 Å². The lowest BCUT2D eigenvalue weighted by Gasteiger charge is -2.46. The highest BCUT2D eigenvalue weighted by Gasteiger charge is 2.31. The summed E-state index contributed by atoms with van der Waals surface area (Å²) >= 11 is 0. The van der Waals surface area contributed by atoms with Crippen molar-refractivity contribution >= 4 is 10.9 Å². The summed E-state index contributed by atoms with van der Waals surface area (Å²) in [6, 6.07) is 9.91. The fourth-order valence-corrected chi connectivity index (χ4v) is 3.85. The molecule has 3 heteroatoms.